The fraction of sp³-hybridized carbons (Fsp3) is 0.440. The highest BCUT2D eigenvalue weighted by Crippen LogP contribution is 2.27. The quantitative estimate of drug-likeness (QED) is 0.732. The lowest BCUT2D eigenvalue weighted by atomic mass is 9.89. The number of likely N-dealkylation sites (tertiary alicyclic amines) is 1. The molecule has 0 saturated carbocycles. The van der Waals surface area contributed by atoms with Crippen LogP contribution in [0, 0.1) is 0 Å². The van der Waals surface area contributed by atoms with Crippen molar-refractivity contribution in [2.24, 2.45) is 0 Å². The predicted molar refractivity (Wildman–Crippen MR) is 121 cm³/mol. The molecule has 2 atom stereocenters. The van der Waals surface area contributed by atoms with Crippen molar-refractivity contribution in [3.63, 3.8) is 0 Å². The SMILES string of the molecule is CCNC(=O)N1CCCC(c2cccc(C(=O)NC(C)c3ccc(CC)cc3)c2)C1. The molecule has 2 N–H and O–H groups in total. The van der Waals surface area contributed by atoms with Crippen molar-refractivity contribution in [3.8, 4) is 0 Å². The van der Waals surface area contributed by atoms with Crippen LogP contribution in [0.25, 0.3) is 0 Å². The Bertz CT molecular complexity index is 863. The molecule has 5 nitrogen and oxygen atoms in total. The summed E-state index contributed by atoms with van der Waals surface area (Å²) in [4.78, 5) is 26.9. The zero-order valence-electron chi connectivity index (χ0n) is 18.3. The fourth-order valence-electron chi connectivity index (χ4n) is 4.04. The number of hydrogen-bond donors (Lipinski definition) is 2. The average Bonchev–Trinajstić information content (AvgIpc) is 2.79. The Morgan fingerprint density at radius 3 is 2.60 bits per heavy atom. The molecule has 0 radical (unpaired) electrons. The van der Waals surface area contributed by atoms with Crippen molar-refractivity contribution in [1.29, 1.82) is 0 Å². The van der Waals surface area contributed by atoms with Gasteiger partial charge in [-0.25, -0.2) is 4.79 Å². The van der Waals surface area contributed by atoms with Gasteiger partial charge in [-0.3, -0.25) is 4.79 Å². The van der Waals surface area contributed by atoms with E-state index < -0.39 is 0 Å². The Labute approximate surface area is 179 Å². The monoisotopic (exact) mass is 407 g/mol. The zero-order chi connectivity index (χ0) is 21.5. The molecule has 1 fully saturated rings. The summed E-state index contributed by atoms with van der Waals surface area (Å²) >= 11 is 0. The van der Waals surface area contributed by atoms with Crippen LogP contribution < -0.4 is 10.6 Å². The van der Waals surface area contributed by atoms with Gasteiger partial charge >= 0.3 is 6.03 Å². The first-order valence-electron chi connectivity index (χ1n) is 11.0. The number of nitrogens with zero attached hydrogens (tertiary/aromatic N) is 1. The summed E-state index contributed by atoms with van der Waals surface area (Å²) in [5, 5.41) is 5.99. The number of urea groups is 1. The minimum atomic E-state index is -0.0692. The van der Waals surface area contributed by atoms with Gasteiger partial charge in [-0.2, -0.15) is 0 Å². The normalized spacial score (nSPS) is 17.3. The van der Waals surface area contributed by atoms with Gasteiger partial charge in [0.05, 0.1) is 6.04 Å². The van der Waals surface area contributed by atoms with E-state index in [1.54, 1.807) is 0 Å². The molecule has 3 amide bonds. The van der Waals surface area contributed by atoms with E-state index in [1.807, 2.05) is 36.9 Å². The van der Waals surface area contributed by atoms with Crippen LogP contribution >= 0.6 is 0 Å². The van der Waals surface area contributed by atoms with Gasteiger partial charge in [-0.1, -0.05) is 43.3 Å². The summed E-state index contributed by atoms with van der Waals surface area (Å²) in [6.45, 7) is 8.19. The van der Waals surface area contributed by atoms with Crippen LogP contribution in [-0.2, 0) is 6.42 Å². The molecule has 2 aromatic carbocycles. The summed E-state index contributed by atoms with van der Waals surface area (Å²) < 4.78 is 0. The van der Waals surface area contributed by atoms with Gasteiger partial charge in [0.15, 0.2) is 0 Å². The molecule has 160 valence electrons. The molecular weight excluding hydrogens is 374 g/mol. The van der Waals surface area contributed by atoms with Crippen LogP contribution in [0.3, 0.4) is 0 Å². The molecule has 3 rings (SSSR count). The van der Waals surface area contributed by atoms with Crippen LogP contribution in [0.5, 0.6) is 0 Å². The standard InChI is InChI=1S/C25H33N3O2/c1-4-19-11-13-20(14-12-19)18(3)27-24(29)22-9-6-8-21(16-22)23-10-7-15-28(17-23)25(30)26-5-2/h6,8-9,11-14,16,18,23H,4-5,7,10,15,17H2,1-3H3,(H,26,30)(H,27,29). The summed E-state index contributed by atoms with van der Waals surface area (Å²) in [6, 6.07) is 16.2. The maximum Gasteiger partial charge on any atom is 0.317 e. The van der Waals surface area contributed by atoms with Crippen molar-refractivity contribution in [1.82, 2.24) is 15.5 Å². The molecule has 0 bridgehead atoms. The van der Waals surface area contributed by atoms with Gasteiger partial charge in [0.1, 0.15) is 0 Å². The van der Waals surface area contributed by atoms with Gasteiger partial charge < -0.3 is 15.5 Å². The Balaban J connectivity index is 1.66. The van der Waals surface area contributed by atoms with E-state index in [0.29, 0.717) is 18.7 Å². The second-order valence-corrected chi connectivity index (χ2v) is 8.04. The first-order chi connectivity index (χ1) is 14.5. The number of amides is 3. The van der Waals surface area contributed by atoms with Gasteiger partial charge in [0, 0.05) is 31.1 Å². The number of aryl methyl sites for hydroxylation is 1. The molecule has 0 aliphatic carbocycles. The van der Waals surface area contributed by atoms with Crippen molar-refractivity contribution in [3.05, 3.63) is 70.8 Å². The molecule has 0 aromatic heterocycles. The molecular formula is C25H33N3O2. The number of benzene rings is 2. The minimum absolute atomic E-state index is 0.000913. The summed E-state index contributed by atoms with van der Waals surface area (Å²) in [5.74, 6) is 0.188. The van der Waals surface area contributed by atoms with E-state index >= 15 is 0 Å². The molecule has 1 heterocycles. The third-order valence-corrected chi connectivity index (χ3v) is 5.89. The van der Waals surface area contributed by atoms with E-state index in [4.69, 9.17) is 0 Å². The average molecular weight is 408 g/mol. The number of piperidine rings is 1. The molecule has 5 heteroatoms. The highest BCUT2D eigenvalue weighted by atomic mass is 16.2. The van der Waals surface area contributed by atoms with Gasteiger partial charge in [0.2, 0.25) is 0 Å². The van der Waals surface area contributed by atoms with Gasteiger partial charge in [-0.05, 0) is 61.9 Å². The molecule has 1 aliphatic rings. The summed E-state index contributed by atoms with van der Waals surface area (Å²) in [6.07, 6.45) is 3.01. The maximum atomic E-state index is 12.9. The van der Waals surface area contributed by atoms with Crippen molar-refractivity contribution in [2.75, 3.05) is 19.6 Å². The first kappa shape index (κ1) is 21.9. The molecule has 1 aliphatic heterocycles. The first-order valence-corrected chi connectivity index (χ1v) is 11.0. The van der Waals surface area contributed by atoms with E-state index in [9.17, 15) is 9.59 Å². The lowest BCUT2D eigenvalue weighted by Gasteiger charge is -2.33. The second-order valence-electron chi connectivity index (χ2n) is 8.04. The van der Waals surface area contributed by atoms with E-state index in [1.165, 1.54) is 5.56 Å². The van der Waals surface area contributed by atoms with Crippen molar-refractivity contribution < 1.29 is 9.59 Å². The van der Waals surface area contributed by atoms with E-state index in [-0.39, 0.29) is 23.9 Å². The maximum absolute atomic E-state index is 12.9. The van der Waals surface area contributed by atoms with Crippen LogP contribution in [0.4, 0.5) is 4.79 Å². The lowest BCUT2D eigenvalue weighted by Crippen LogP contribution is -2.44. The topological polar surface area (TPSA) is 61.4 Å². The van der Waals surface area contributed by atoms with Crippen molar-refractivity contribution in [2.45, 2.75) is 52.0 Å². The smallest absolute Gasteiger partial charge is 0.317 e. The predicted octanol–water partition coefficient (Wildman–Crippen LogP) is 4.65. The Kier molecular flexibility index (Phi) is 7.50. The van der Waals surface area contributed by atoms with Gasteiger partial charge in [-0.15, -0.1) is 0 Å². The highest BCUT2D eigenvalue weighted by molar-refractivity contribution is 5.94. The molecule has 1 saturated heterocycles. The number of nitrogens with one attached hydrogen (secondary N) is 2. The second kappa shape index (κ2) is 10.3. The Morgan fingerprint density at radius 2 is 1.90 bits per heavy atom. The van der Waals surface area contributed by atoms with E-state index in [2.05, 4.69) is 47.9 Å². The minimum Gasteiger partial charge on any atom is -0.346 e. The number of hydrogen-bond acceptors (Lipinski definition) is 2. The third kappa shape index (κ3) is 5.41. The summed E-state index contributed by atoms with van der Waals surface area (Å²) in [5.41, 5.74) is 4.18. The highest BCUT2D eigenvalue weighted by Gasteiger charge is 2.25. The van der Waals surface area contributed by atoms with Crippen LogP contribution in [0.1, 0.15) is 72.6 Å². The molecule has 2 aromatic rings. The number of carbonyl (C=O) groups excluding carboxylic acids is 2. The fourth-order valence-corrected chi connectivity index (χ4v) is 4.04. The van der Waals surface area contributed by atoms with Crippen LogP contribution in [-0.4, -0.2) is 36.5 Å². The van der Waals surface area contributed by atoms with Crippen LogP contribution in [0.15, 0.2) is 48.5 Å². The molecule has 0 spiro atoms. The lowest BCUT2D eigenvalue weighted by molar-refractivity contribution is 0.0939. The molecule has 30 heavy (non-hydrogen) atoms. The Hall–Kier alpha value is -2.82. The summed E-state index contributed by atoms with van der Waals surface area (Å²) in [7, 11) is 0. The van der Waals surface area contributed by atoms with Gasteiger partial charge in [0.25, 0.3) is 5.91 Å². The largest absolute Gasteiger partial charge is 0.346 e. The zero-order valence-corrected chi connectivity index (χ0v) is 18.3. The van der Waals surface area contributed by atoms with Crippen LogP contribution in [0.2, 0.25) is 0 Å². The molecule has 2 unspecified atom stereocenters. The number of rotatable bonds is 6. The number of carbonyl (C=O) groups is 2. The Morgan fingerprint density at radius 1 is 1.13 bits per heavy atom. The van der Waals surface area contributed by atoms with Crippen molar-refractivity contribution >= 4 is 11.9 Å². The third-order valence-electron chi connectivity index (χ3n) is 5.89. The van der Waals surface area contributed by atoms with E-state index in [0.717, 1.165) is 36.9 Å².